The largest absolute Gasteiger partial charge is 0.493 e. The maximum Gasteiger partial charge on any atom is 0.223 e. The SMILES string of the molecule is COc1cc2c(cc1OC)C13C[C@H](C)[C@@H](CN)C1CC(=O)N3CC2. The van der Waals surface area contributed by atoms with E-state index in [0.29, 0.717) is 30.7 Å². The smallest absolute Gasteiger partial charge is 0.223 e. The van der Waals surface area contributed by atoms with Crippen molar-refractivity contribution in [3.8, 4) is 11.5 Å². The predicted octanol–water partition coefficient (Wildman–Crippen LogP) is 1.92. The van der Waals surface area contributed by atoms with E-state index in [9.17, 15) is 4.79 Å². The van der Waals surface area contributed by atoms with Crippen molar-refractivity contribution in [2.24, 2.45) is 23.5 Å². The lowest BCUT2D eigenvalue weighted by atomic mass is 9.74. The summed E-state index contributed by atoms with van der Waals surface area (Å²) in [5, 5.41) is 0. The number of benzene rings is 1. The number of hydrogen-bond acceptors (Lipinski definition) is 4. The molecule has 1 saturated carbocycles. The van der Waals surface area contributed by atoms with Gasteiger partial charge in [0, 0.05) is 13.0 Å². The molecule has 4 rings (SSSR count). The third-order valence-electron chi connectivity index (χ3n) is 6.62. The summed E-state index contributed by atoms with van der Waals surface area (Å²) in [5.74, 6) is 3.03. The predicted molar refractivity (Wildman–Crippen MR) is 91.1 cm³/mol. The summed E-state index contributed by atoms with van der Waals surface area (Å²) in [6.45, 7) is 3.72. The molecular formula is C19H26N2O3. The first-order valence-corrected chi connectivity index (χ1v) is 8.82. The summed E-state index contributed by atoms with van der Waals surface area (Å²) in [5.41, 5.74) is 8.43. The zero-order valence-electron chi connectivity index (χ0n) is 14.7. The normalized spacial score (nSPS) is 33.9. The van der Waals surface area contributed by atoms with Crippen molar-refractivity contribution in [3.05, 3.63) is 23.3 Å². The number of nitrogens with zero attached hydrogens (tertiary/aromatic N) is 1. The Kier molecular flexibility index (Phi) is 3.53. The van der Waals surface area contributed by atoms with Crippen molar-refractivity contribution in [1.29, 1.82) is 0 Å². The van der Waals surface area contributed by atoms with Crippen molar-refractivity contribution < 1.29 is 14.3 Å². The van der Waals surface area contributed by atoms with Gasteiger partial charge in [-0.1, -0.05) is 6.92 Å². The molecular weight excluding hydrogens is 304 g/mol. The van der Waals surface area contributed by atoms with Crippen LogP contribution in [-0.2, 0) is 16.8 Å². The quantitative estimate of drug-likeness (QED) is 0.919. The van der Waals surface area contributed by atoms with E-state index in [4.69, 9.17) is 15.2 Å². The van der Waals surface area contributed by atoms with Crippen LogP contribution in [-0.4, -0.2) is 38.1 Å². The van der Waals surface area contributed by atoms with Crippen LogP contribution in [0.2, 0.25) is 0 Å². The number of fused-ring (bicyclic) bond motifs is 1. The van der Waals surface area contributed by atoms with E-state index in [-0.39, 0.29) is 11.4 Å². The standard InChI is InChI=1S/C19H26N2O3/c1-11-9-19-14-7-17(24-3)16(23-2)6-12(14)4-5-21(19)18(22)8-15(19)13(11)10-20/h6-7,11,13,15H,4-5,8-10,20H2,1-3H3/t11-,13+,15?,19?/m0/s1. The minimum absolute atomic E-state index is 0.201. The molecule has 5 nitrogen and oxygen atoms in total. The Bertz CT molecular complexity index is 689. The number of hydrogen-bond donors (Lipinski definition) is 1. The first-order valence-electron chi connectivity index (χ1n) is 8.82. The third kappa shape index (κ3) is 1.82. The molecule has 0 bridgehead atoms. The first kappa shape index (κ1) is 15.8. The minimum Gasteiger partial charge on any atom is -0.493 e. The third-order valence-corrected chi connectivity index (χ3v) is 6.62. The molecule has 24 heavy (non-hydrogen) atoms. The number of carbonyl (C=O) groups is 1. The number of carbonyl (C=O) groups excluding carboxylic acids is 1. The van der Waals surface area contributed by atoms with Crippen LogP contribution < -0.4 is 15.2 Å². The number of methoxy groups -OCH3 is 2. The van der Waals surface area contributed by atoms with Gasteiger partial charge in [0.2, 0.25) is 5.91 Å². The van der Waals surface area contributed by atoms with E-state index in [0.717, 1.165) is 30.9 Å². The minimum atomic E-state index is -0.201. The van der Waals surface area contributed by atoms with Crippen LogP contribution in [0, 0.1) is 17.8 Å². The highest BCUT2D eigenvalue weighted by molar-refractivity contribution is 5.82. The van der Waals surface area contributed by atoms with Crippen LogP contribution in [0.4, 0.5) is 0 Å². The molecule has 1 aromatic rings. The summed E-state index contributed by atoms with van der Waals surface area (Å²) in [6, 6.07) is 4.21. The summed E-state index contributed by atoms with van der Waals surface area (Å²) in [7, 11) is 3.33. The van der Waals surface area contributed by atoms with Gasteiger partial charge in [0.05, 0.1) is 19.8 Å². The lowest BCUT2D eigenvalue weighted by molar-refractivity contribution is -0.132. The van der Waals surface area contributed by atoms with Gasteiger partial charge in [-0.2, -0.15) is 0 Å². The first-order chi connectivity index (χ1) is 11.6. The summed E-state index contributed by atoms with van der Waals surface area (Å²) in [6.07, 6.45) is 2.49. The topological polar surface area (TPSA) is 64.8 Å². The van der Waals surface area contributed by atoms with Gasteiger partial charge >= 0.3 is 0 Å². The van der Waals surface area contributed by atoms with Crippen molar-refractivity contribution in [3.63, 3.8) is 0 Å². The molecule has 2 unspecified atom stereocenters. The van der Waals surface area contributed by atoms with E-state index in [1.165, 1.54) is 11.1 Å². The molecule has 1 spiro atoms. The van der Waals surface area contributed by atoms with Gasteiger partial charge in [0.25, 0.3) is 0 Å². The number of nitrogens with two attached hydrogens (primary N) is 1. The Morgan fingerprint density at radius 2 is 2.00 bits per heavy atom. The summed E-state index contributed by atoms with van der Waals surface area (Å²) < 4.78 is 11.0. The van der Waals surface area contributed by atoms with Crippen LogP contribution in [0.3, 0.4) is 0 Å². The Morgan fingerprint density at radius 1 is 1.29 bits per heavy atom. The number of amides is 1. The summed E-state index contributed by atoms with van der Waals surface area (Å²) in [4.78, 5) is 14.8. The average molecular weight is 330 g/mol. The van der Waals surface area contributed by atoms with Gasteiger partial charge < -0.3 is 20.1 Å². The molecule has 130 valence electrons. The molecule has 4 atom stereocenters. The van der Waals surface area contributed by atoms with Crippen LogP contribution in [0.1, 0.15) is 30.9 Å². The Hall–Kier alpha value is -1.75. The van der Waals surface area contributed by atoms with Crippen molar-refractivity contribution in [1.82, 2.24) is 4.90 Å². The second kappa shape index (κ2) is 5.38. The number of rotatable bonds is 3. The van der Waals surface area contributed by atoms with Crippen molar-refractivity contribution in [2.45, 2.75) is 31.7 Å². The van der Waals surface area contributed by atoms with Crippen LogP contribution in [0.5, 0.6) is 11.5 Å². The zero-order valence-corrected chi connectivity index (χ0v) is 14.7. The Balaban J connectivity index is 1.92. The molecule has 2 fully saturated rings. The Morgan fingerprint density at radius 3 is 2.67 bits per heavy atom. The van der Waals surface area contributed by atoms with Gasteiger partial charge in [-0.15, -0.1) is 0 Å². The fraction of sp³-hybridized carbons (Fsp3) is 0.632. The van der Waals surface area contributed by atoms with E-state index in [1.807, 2.05) is 0 Å². The maximum absolute atomic E-state index is 12.7. The fourth-order valence-corrected chi connectivity index (χ4v) is 5.63. The lowest BCUT2D eigenvalue weighted by Crippen LogP contribution is -2.49. The molecule has 0 radical (unpaired) electrons. The second-order valence-electron chi connectivity index (χ2n) is 7.48. The molecule has 2 N–H and O–H groups in total. The van der Waals surface area contributed by atoms with Crippen LogP contribution >= 0.6 is 0 Å². The highest BCUT2D eigenvalue weighted by Gasteiger charge is 2.63. The zero-order chi connectivity index (χ0) is 17.1. The fourth-order valence-electron chi connectivity index (χ4n) is 5.63. The molecule has 1 aliphatic carbocycles. The van der Waals surface area contributed by atoms with Gasteiger partial charge in [-0.25, -0.2) is 0 Å². The van der Waals surface area contributed by atoms with Crippen molar-refractivity contribution >= 4 is 5.91 Å². The van der Waals surface area contributed by atoms with E-state index >= 15 is 0 Å². The molecule has 1 aromatic carbocycles. The van der Waals surface area contributed by atoms with E-state index in [1.54, 1.807) is 14.2 Å². The molecule has 5 heteroatoms. The van der Waals surface area contributed by atoms with Crippen molar-refractivity contribution in [2.75, 3.05) is 27.3 Å². The van der Waals surface area contributed by atoms with E-state index in [2.05, 4.69) is 24.0 Å². The lowest BCUT2D eigenvalue weighted by Gasteiger charge is -2.45. The monoisotopic (exact) mass is 330 g/mol. The molecule has 1 amide bonds. The molecule has 2 aliphatic heterocycles. The molecule has 1 saturated heterocycles. The molecule has 2 heterocycles. The average Bonchev–Trinajstić information content (AvgIpc) is 3.01. The molecule has 0 aromatic heterocycles. The highest BCUT2D eigenvalue weighted by atomic mass is 16.5. The second-order valence-corrected chi connectivity index (χ2v) is 7.48. The van der Waals surface area contributed by atoms with Gasteiger partial charge in [0.1, 0.15) is 0 Å². The summed E-state index contributed by atoms with van der Waals surface area (Å²) >= 11 is 0. The van der Waals surface area contributed by atoms with Gasteiger partial charge in [0.15, 0.2) is 11.5 Å². The van der Waals surface area contributed by atoms with Gasteiger partial charge in [-0.05, 0) is 60.4 Å². The Labute approximate surface area is 143 Å². The highest BCUT2D eigenvalue weighted by Crippen LogP contribution is 2.61. The number of ether oxygens (including phenoxy) is 2. The van der Waals surface area contributed by atoms with E-state index < -0.39 is 0 Å². The molecule has 3 aliphatic rings. The van der Waals surface area contributed by atoms with Crippen LogP contribution in [0.25, 0.3) is 0 Å². The maximum atomic E-state index is 12.7. The van der Waals surface area contributed by atoms with Gasteiger partial charge in [-0.3, -0.25) is 4.79 Å². The van der Waals surface area contributed by atoms with Crippen LogP contribution in [0.15, 0.2) is 12.1 Å².